The van der Waals surface area contributed by atoms with E-state index in [4.69, 9.17) is 0 Å². The fourth-order valence-corrected chi connectivity index (χ4v) is 14.1. The molecule has 0 aliphatic heterocycles. The van der Waals surface area contributed by atoms with Gasteiger partial charge in [-0.3, -0.25) is 29.9 Å². The van der Waals surface area contributed by atoms with E-state index in [1.807, 2.05) is 79.9 Å². The van der Waals surface area contributed by atoms with E-state index < -0.39 is 0 Å². The molecular weight excluding hydrogens is 1410 g/mol. The molecule has 0 saturated heterocycles. The summed E-state index contributed by atoms with van der Waals surface area (Å²) in [6, 6.07) is 107. The van der Waals surface area contributed by atoms with Gasteiger partial charge < -0.3 is 0 Å². The molecular formula is C110H114N6. The summed E-state index contributed by atoms with van der Waals surface area (Å²) in [6.45, 7) is 35.4. The third-order valence-corrected chi connectivity index (χ3v) is 21.2. The molecule has 12 aromatic carbocycles. The first-order valence-corrected chi connectivity index (χ1v) is 41.4. The van der Waals surface area contributed by atoms with Gasteiger partial charge in [0.25, 0.3) is 0 Å². The number of benzene rings is 12. The molecule has 116 heavy (non-hydrogen) atoms. The van der Waals surface area contributed by atoms with E-state index in [2.05, 4.69) is 414 Å². The highest BCUT2D eigenvalue weighted by Gasteiger charge is 2.11. The van der Waals surface area contributed by atoms with E-state index >= 15 is 0 Å². The number of hydrogen-bond donors (Lipinski definition) is 0. The molecule has 0 fully saturated rings. The Morgan fingerprint density at radius 1 is 0.190 bits per heavy atom. The lowest BCUT2D eigenvalue weighted by Gasteiger charge is -2.09. The summed E-state index contributed by atoms with van der Waals surface area (Å²) in [7, 11) is 0. The molecule has 0 bridgehead atoms. The lowest BCUT2D eigenvalue weighted by Crippen LogP contribution is -1.89. The van der Waals surface area contributed by atoms with Crippen LogP contribution < -0.4 is 0 Å². The largest absolute Gasteiger partial charge is 0.264 e. The van der Waals surface area contributed by atoms with Crippen LogP contribution in [0.2, 0.25) is 0 Å². The van der Waals surface area contributed by atoms with Crippen LogP contribution in [-0.4, -0.2) is 29.9 Å². The zero-order valence-electron chi connectivity index (χ0n) is 70.8. The summed E-state index contributed by atoms with van der Waals surface area (Å²) >= 11 is 0. The zero-order valence-corrected chi connectivity index (χ0v) is 70.8. The molecule has 0 amide bonds. The van der Waals surface area contributed by atoms with Gasteiger partial charge in [0.05, 0.1) is 22.1 Å². The average molecular weight is 1520 g/mol. The molecule has 0 unspecified atom stereocenters. The van der Waals surface area contributed by atoms with Crippen molar-refractivity contribution in [1.29, 1.82) is 0 Å². The van der Waals surface area contributed by atoms with E-state index in [0.717, 1.165) is 22.1 Å². The zero-order chi connectivity index (χ0) is 82.0. The van der Waals surface area contributed by atoms with Crippen molar-refractivity contribution >= 4 is 86.7 Å². The number of fused-ring (bicyclic) bond motifs is 8. The number of para-hydroxylation sites is 1. The van der Waals surface area contributed by atoms with Crippen molar-refractivity contribution in [3.05, 3.63) is 397 Å². The molecule has 18 rings (SSSR count). The predicted octanol–water partition coefficient (Wildman–Crippen LogP) is 31.4. The minimum Gasteiger partial charge on any atom is -0.264 e. The van der Waals surface area contributed by atoms with Gasteiger partial charge in [0.15, 0.2) is 0 Å². The summed E-state index contributed by atoms with van der Waals surface area (Å²) in [5.41, 5.74) is 20.4. The van der Waals surface area contributed by atoms with Crippen LogP contribution in [0.15, 0.2) is 353 Å². The maximum Gasteiger partial charge on any atom is 0.0780 e. The van der Waals surface area contributed by atoms with E-state index in [0.29, 0.717) is 47.3 Å². The summed E-state index contributed by atoms with van der Waals surface area (Å²) in [6.07, 6.45) is 14.9. The third-order valence-electron chi connectivity index (χ3n) is 21.2. The van der Waals surface area contributed by atoms with E-state index in [-0.39, 0.29) is 0 Å². The van der Waals surface area contributed by atoms with Gasteiger partial charge in [0, 0.05) is 87.5 Å². The second kappa shape index (κ2) is 41.6. The first-order valence-electron chi connectivity index (χ1n) is 41.4. The minimum atomic E-state index is 0.563. The SMILES string of the molecule is CC(C)c1ccc(-c2cccc3cccnc23)cc1.CC(C)c1ccc(-c2cccc3ccncc23)cc1.CC(C)c1ccc2ccccc2c1.CC(C)c1ccc2cccnc2c1.CC(C)c1ccc2ccncc2c1.CC(C)c1ccc2ncccc2c1.CC(C)c1cccc2ccccc12.CC(C)c1cccc2ncccc12. The third kappa shape index (κ3) is 23.0. The summed E-state index contributed by atoms with van der Waals surface area (Å²) in [5.74, 6) is 4.67. The Labute approximate surface area is 690 Å². The number of aromatic nitrogens is 6. The molecule has 6 heteroatoms. The Kier molecular flexibility index (Phi) is 30.3. The van der Waals surface area contributed by atoms with Crippen LogP contribution in [-0.2, 0) is 0 Å². The summed E-state index contributed by atoms with van der Waals surface area (Å²) < 4.78 is 0. The standard InChI is InChI=1S/2C18H17N.2C13H14.4C12H13N/c1-13(2)14-8-10-15(11-9-14)17-7-3-5-16-6-4-12-19-18(16)17;1-13(2)14-6-8-16(9-7-14)17-5-3-4-15-10-11-19-12-18(15)17;1-10(2)12-9-5-7-11-6-3-4-8-13(11)12;1-10(2)12-8-7-11-5-3-4-6-13(11)9-12;1-9(2)10-5-3-7-12-11(10)6-4-8-13-12;1-9(2)11-4-3-10-5-6-13-8-12(10)7-11;1-9(2)10-5-6-12-11(8-10)4-3-7-13-12;1-9(2)11-6-5-10-4-3-7-13-12(10)8-11/h2*3-13H,1-2H3;2*3-10H,1-2H3;4*3-9H,1-2H3. The van der Waals surface area contributed by atoms with Crippen molar-refractivity contribution < 1.29 is 0 Å². The van der Waals surface area contributed by atoms with Gasteiger partial charge in [-0.15, -0.1) is 0 Å². The van der Waals surface area contributed by atoms with Crippen molar-refractivity contribution in [3.63, 3.8) is 0 Å². The lowest BCUT2D eigenvalue weighted by molar-refractivity contribution is 0.867. The van der Waals surface area contributed by atoms with Gasteiger partial charge in [-0.2, -0.15) is 0 Å². The molecule has 6 aromatic heterocycles. The van der Waals surface area contributed by atoms with Crippen LogP contribution >= 0.6 is 0 Å². The molecule has 0 spiro atoms. The number of rotatable bonds is 10. The Balaban J connectivity index is 0.000000131. The Morgan fingerprint density at radius 3 is 1.17 bits per heavy atom. The fourth-order valence-electron chi connectivity index (χ4n) is 14.1. The molecule has 6 nitrogen and oxygen atoms in total. The van der Waals surface area contributed by atoms with Crippen LogP contribution in [0.1, 0.15) is 203 Å². The molecule has 0 radical (unpaired) electrons. The van der Waals surface area contributed by atoms with Gasteiger partial charge in [0.1, 0.15) is 0 Å². The van der Waals surface area contributed by atoms with Gasteiger partial charge in [-0.1, -0.05) is 347 Å². The maximum absolute atomic E-state index is 4.52. The monoisotopic (exact) mass is 1520 g/mol. The van der Waals surface area contributed by atoms with Gasteiger partial charge in [-0.05, 0) is 208 Å². The van der Waals surface area contributed by atoms with Crippen molar-refractivity contribution in [3.8, 4) is 22.3 Å². The lowest BCUT2D eigenvalue weighted by atomic mass is 9.96. The smallest absolute Gasteiger partial charge is 0.0780 e. The molecule has 18 aromatic rings. The minimum absolute atomic E-state index is 0.563. The molecule has 6 heterocycles. The molecule has 0 aliphatic rings. The Hall–Kier alpha value is -12.4. The van der Waals surface area contributed by atoms with E-state index in [1.54, 1.807) is 0 Å². The Morgan fingerprint density at radius 2 is 0.569 bits per heavy atom. The topological polar surface area (TPSA) is 77.3 Å². The van der Waals surface area contributed by atoms with Crippen molar-refractivity contribution in [1.82, 2.24) is 29.9 Å². The van der Waals surface area contributed by atoms with Gasteiger partial charge in [-0.25, -0.2) is 0 Å². The maximum atomic E-state index is 4.52. The molecule has 0 saturated carbocycles. The molecule has 584 valence electrons. The Bertz CT molecular complexity index is 5550. The average Bonchev–Trinajstić information content (AvgIpc) is 0.805. The van der Waals surface area contributed by atoms with Crippen molar-refractivity contribution in [2.24, 2.45) is 0 Å². The summed E-state index contributed by atoms with van der Waals surface area (Å²) in [5, 5.41) is 15.2. The number of nitrogens with zero attached hydrogens (tertiary/aromatic N) is 6. The van der Waals surface area contributed by atoms with Crippen LogP contribution in [0.4, 0.5) is 0 Å². The van der Waals surface area contributed by atoms with Crippen LogP contribution in [0.3, 0.4) is 0 Å². The van der Waals surface area contributed by atoms with Crippen molar-refractivity contribution in [2.75, 3.05) is 0 Å². The second-order valence-corrected chi connectivity index (χ2v) is 32.3. The first kappa shape index (κ1) is 84.5. The highest BCUT2D eigenvalue weighted by molar-refractivity contribution is 5.97. The van der Waals surface area contributed by atoms with Crippen LogP contribution in [0, 0.1) is 0 Å². The van der Waals surface area contributed by atoms with Crippen LogP contribution in [0.5, 0.6) is 0 Å². The quantitative estimate of drug-likeness (QED) is 0.136. The highest BCUT2D eigenvalue weighted by atomic mass is 14.7. The summed E-state index contributed by atoms with van der Waals surface area (Å²) in [4.78, 5) is 25.8. The second-order valence-electron chi connectivity index (χ2n) is 32.3. The van der Waals surface area contributed by atoms with Gasteiger partial charge in [0.2, 0.25) is 0 Å². The van der Waals surface area contributed by atoms with Crippen LogP contribution in [0.25, 0.3) is 109 Å². The van der Waals surface area contributed by atoms with E-state index in [9.17, 15) is 0 Å². The predicted molar refractivity (Wildman–Crippen MR) is 502 cm³/mol. The van der Waals surface area contributed by atoms with Crippen molar-refractivity contribution in [2.45, 2.75) is 158 Å². The molecule has 0 N–H and O–H groups in total. The molecule has 0 atom stereocenters. The first-order chi connectivity index (χ1) is 56.2. The highest BCUT2D eigenvalue weighted by Crippen LogP contribution is 2.33. The normalized spacial score (nSPS) is 11.0. The number of hydrogen-bond acceptors (Lipinski definition) is 6. The number of pyridine rings is 6. The van der Waals surface area contributed by atoms with E-state index in [1.165, 1.54) is 131 Å². The van der Waals surface area contributed by atoms with Gasteiger partial charge >= 0.3 is 0 Å². The fraction of sp³-hybridized carbons (Fsp3) is 0.218. The molecule has 0 aliphatic carbocycles.